The van der Waals surface area contributed by atoms with Crippen molar-refractivity contribution in [2.45, 2.75) is 44.8 Å². The number of amides is 1. The Morgan fingerprint density at radius 3 is 2.63 bits per heavy atom. The Balaban J connectivity index is 1.36. The lowest BCUT2D eigenvalue weighted by Crippen LogP contribution is -2.42. The van der Waals surface area contributed by atoms with Gasteiger partial charge in [-0.2, -0.15) is 0 Å². The molecular weight excluding hydrogens is 458 g/mol. The summed E-state index contributed by atoms with van der Waals surface area (Å²) in [6.45, 7) is 4.87. The number of nitrogens with zero attached hydrogens (tertiary/aromatic N) is 2. The molecule has 1 aromatic heterocycles. The monoisotopic (exact) mass is 487 g/mol. The first-order chi connectivity index (χ1) is 17.1. The Morgan fingerprint density at radius 1 is 1.09 bits per heavy atom. The second kappa shape index (κ2) is 9.12. The van der Waals surface area contributed by atoms with Crippen LogP contribution >= 0.6 is 11.6 Å². The zero-order valence-corrected chi connectivity index (χ0v) is 20.7. The van der Waals surface area contributed by atoms with Gasteiger partial charge in [-0.05, 0) is 73.7 Å². The van der Waals surface area contributed by atoms with Gasteiger partial charge in [0.15, 0.2) is 0 Å². The molecule has 1 N–H and O–H groups in total. The molecule has 2 unspecified atom stereocenters. The molecule has 1 saturated heterocycles. The number of rotatable bonds is 3. The summed E-state index contributed by atoms with van der Waals surface area (Å²) in [6.07, 6.45) is 9.57. The van der Waals surface area contributed by atoms with Crippen molar-refractivity contribution >= 4 is 34.3 Å². The molecule has 6 heteroatoms. The minimum atomic E-state index is -0.274. The number of hydrogen-bond acceptors (Lipinski definition) is 3. The summed E-state index contributed by atoms with van der Waals surface area (Å²) in [7, 11) is 0. The van der Waals surface area contributed by atoms with E-state index >= 15 is 0 Å². The van der Waals surface area contributed by atoms with Crippen LogP contribution in [0.2, 0.25) is 5.02 Å². The first-order valence-corrected chi connectivity index (χ1v) is 12.9. The summed E-state index contributed by atoms with van der Waals surface area (Å²) in [5.74, 6) is 0. The number of aromatic nitrogens is 1. The highest BCUT2D eigenvalue weighted by molar-refractivity contribution is 6.31. The lowest BCUT2D eigenvalue weighted by Gasteiger charge is -2.36. The zero-order chi connectivity index (χ0) is 23.9. The van der Waals surface area contributed by atoms with E-state index in [1.54, 1.807) is 0 Å². The second-order valence-electron chi connectivity index (χ2n) is 9.80. The fourth-order valence-electron chi connectivity index (χ4n) is 5.64. The van der Waals surface area contributed by atoms with Gasteiger partial charge in [-0.1, -0.05) is 41.5 Å². The molecule has 0 saturated carbocycles. The largest absolute Gasteiger partial charge is 0.441 e. The van der Waals surface area contributed by atoms with Crippen molar-refractivity contribution in [2.24, 2.45) is 0 Å². The number of nitrogens with one attached hydrogen (secondary N) is 1. The standard InChI is InChI=1S/C29H30ClN3O2/c1-19-4-11-23(12-5-19)35-29(34)33-17-14-24-25-18-21(30)8-13-26(25)31-27(24)28(33)20-6-9-22(10-7-20)32-15-2-3-16-32/h4-11,13,18,23,28,31H,2-3,12,14-17H2,1H3. The Morgan fingerprint density at radius 2 is 1.89 bits per heavy atom. The molecule has 3 aromatic rings. The zero-order valence-electron chi connectivity index (χ0n) is 20.0. The van der Waals surface area contributed by atoms with Crippen molar-refractivity contribution in [3.8, 4) is 0 Å². The fourth-order valence-corrected chi connectivity index (χ4v) is 5.81. The number of aromatic amines is 1. The normalized spacial score (nSPS) is 21.8. The van der Waals surface area contributed by atoms with Gasteiger partial charge in [0.25, 0.3) is 0 Å². The molecule has 2 aliphatic heterocycles. The molecule has 3 heterocycles. The van der Waals surface area contributed by atoms with Crippen molar-refractivity contribution in [1.82, 2.24) is 9.88 Å². The molecule has 0 spiro atoms. The van der Waals surface area contributed by atoms with Crippen LogP contribution in [0.15, 0.2) is 66.3 Å². The summed E-state index contributed by atoms with van der Waals surface area (Å²) in [4.78, 5) is 21.4. The molecule has 180 valence electrons. The van der Waals surface area contributed by atoms with Crippen LogP contribution in [0, 0.1) is 0 Å². The predicted octanol–water partition coefficient (Wildman–Crippen LogP) is 6.78. The minimum Gasteiger partial charge on any atom is -0.441 e. The van der Waals surface area contributed by atoms with E-state index < -0.39 is 0 Å². The first kappa shape index (κ1) is 22.3. The number of benzene rings is 2. The Hall–Kier alpha value is -3.18. The van der Waals surface area contributed by atoms with Gasteiger partial charge in [-0.3, -0.25) is 4.90 Å². The summed E-state index contributed by atoms with van der Waals surface area (Å²) in [6, 6.07) is 14.4. The molecule has 5 nitrogen and oxygen atoms in total. The van der Waals surface area contributed by atoms with Crippen LogP contribution in [0.3, 0.4) is 0 Å². The molecule has 1 amide bonds. The maximum Gasteiger partial charge on any atom is 0.411 e. The highest BCUT2D eigenvalue weighted by Gasteiger charge is 2.36. The number of carbonyl (C=O) groups excluding carboxylic acids is 1. The molecule has 0 radical (unpaired) electrons. The minimum absolute atomic E-state index is 0.229. The molecule has 1 aliphatic carbocycles. The van der Waals surface area contributed by atoms with Gasteiger partial charge in [0.1, 0.15) is 12.1 Å². The number of halogens is 1. The van der Waals surface area contributed by atoms with E-state index in [0.29, 0.717) is 13.0 Å². The van der Waals surface area contributed by atoms with Crippen molar-refractivity contribution in [1.29, 1.82) is 0 Å². The van der Waals surface area contributed by atoms with Crippen LogP contribution in [0.5, 0.6) is 0 Å². The highest BCUT2D eigenvalue weighted by Crippen LogP contribution is 2.40. The van der Waals surface area contributed by atoms with Crippen LogP contribution in [-0.2, 0) is 11.2 Å². The van der Waals surface area contributed by atoms with Crippen molar-refractivity contribution in [3.05, 3.63) is 88.1 Å². The average Bonchev–Trinajstić information content (AvgIpc) is 3.53. The van der Waals surface area contributed by atoms with Gasteiger partial charge in [-0.15, -0.1) is 0 Å². The number of H-pyrrole nitrogens is 1. The third-order valence-electron chi connectivity index (χ3n) is 7.50. The van der Waals surface area contributed by atoms with E-state index in [4.69, 9.17) is 16.3 Å². The van der Waals surface area contributed by atoms with Gasteiger partial charge in [0.05, 0.1) is 0 Å². The molecular formula is C29H30ClN3O2. The molecule has 6 rings (SSSR count). The van der Waals surface area contributed by atoms with Gasteiger partial charge in [0, 0.05) is 53.4 Å². The van der Waals surface area contributed by atoms with E-state index in [-0.39, 0.29) is 18.2 Å². The van der Waals surface area contributed by atoms with Crippen LogP contribution in [0.4, 0.5) is 10.5 Å². The van der Waals surface area contributed by atoms with Crippen LogP contribution in [-0.4, -0.2) is 41.7 Å². The van der Waals surface area contributed by atoms with Gasteiger partial charge in [-0.25, -0.2) is 4.79 Å². The molecule has 2 aromatic carbocycles. The number of carbonyl (C=O) groups is 1. The topological polar surface area (TPSA) is 48.6 Å². The maximum atomic E-state index is 13.5. The average molecular weight is 488 g/mol. The van der Waals surface area contributed by atoms with Gasteiger partial charge >= 0.3 is 6.09 Å². The summed E-state index contributed by atoms with van der Waals surface area (Å²) in [5.41, 5.74) is 6.86. The van der Waals surface area contributed by atoms with Gasteiger partial charge < -0.3 is 14.6 Å². The lowest BCUT2D eigenvalue weighted by atomic mass is 9.92. The number of ether oxygens (including phenoxy) is 1. The summed E-state index contributed by atoms with van der Waals surface area (Å²) >= 11 is 6.33. The van der Waals surface area contributed by atoms with Crippen molar-refractivity contribution in [2.75, 3.05) is 24.5 Å². The fraction of sp³-hybridized carbons (Fsp3) is 0.345. The predicted molar refractivity (Wildman–Crippen MR) is 141 cm³/mol. The first-order valence-electron chi connectivity index (χ1n) is 12.5. The quantitative estimate of drug-likeness (QED) is 0.443. The number of anilines is 1. The Kier molecular flexibility index (Phi) is 5.81. The third kappa shape index (κ3) is 4.23. The smallest absolute Gasteiger partial charge is 0.411 e. The molecule has 1 fully saturated rings. The van der Waals surface area contributed by atoms with Crippen LogP contribution in [0.1, 0.15) is 49.0 Å². The van der Waals surface area contributed by atoms with Crippen LogP contribution in [0.25, 0.3) is 10.9 Å². The van der Waals surface area contributed by atoms with E-state index in [0.717, 1.165) is 46.7 Å². The van der Waals surface area contributed by atoms with E-state index in [9.17, 15) is 4.79 Å². The number of hydrogen-bond donors (Lipinski definition) is 1. The highest BCUT2D eigenvalue weighted by atomic mass is 35.5. The second-order valence-corrected chi connectivity index (χ2v) is 10.2. The molecule has 35 heavy (non-hydrogen) atoms. The molecule has 0 bridgehead atoms. The number of allylic oxidation sites excluding steroid dienone is 2. The Bertz CT molecular complexity index is 1320. The van der Waals surface area contributed by atoms with E-state index in [1.165, 1.54) is 29.7 Å². The molecule has 2 atom stereocenters. The van der Waals surface area contributed by atoms with Crippen LogP contribution < -0.4 is 4.90 Å². The van der Waals surface area contributed by atoms with Crippen molar-refractivity contribution < 1.29 is 9.53 Å². The SMILES string of the molecule is CC1=CCC(OC(=O)N2CCc3c([nH]c4ccc(Cl)cc34)C2c2ccc(N3CCCC3)cc2)C=C1. The summed E-state index contributed by atoms with van der Waals surface area (Å²) < 4.78 is 5.96. The molecule has 3 aliphatic rings. The number of fused-ring (bicyclic) bond motifs is 3. The van der Waals surface area contributed by atoms with Gasteiger partial charge in [0.2, 0.25) is 0 Å². The third-order valence-corrected chi connectivity index (χ3v) is 7.74. The maximum absolute atomic E-state index is 13.5. The van der Waals surface area contributed by atoms with E-state index in [2.05, 4.69) is 47.1 Å². The lowest BCUT2D eigenvalue weighted by molar-refractivity contribution is 0.0690. The van der Waals surface area contributed by atoms with Crippen molar-refractivity contribution in [3.63, 3.8) is 0 Å². The van der Waals surface area contributed by atoms with E-state index in [1.807, 2.05) is 35.3 Å². The Labute approximate surface area is 211 Å². The summed E-state index contributed by atoms with van der Waals surface area (Å²) in [5, 5.41) is 1.86.